The van der Waals surface area contributed by atoms with Gasteiger partial charge in [0.25, 0.3) is 0 Å². The van der Waals surface area contributed by atoms with Crippen LogP contribution in [0.2, 0.25) is 0 Å². The van der Waals surface area contributed by atoms with Gasteiger partial charge < -0.3 is 9.47 Å². The first kappa shape index (κ1) is 18.0. The molecule has 5 nitrogen and oxygen atoms in total. The minimum absolute atomic E-state index is 0.358. The molecule has 6 heteroatoms. The van der Waals surface area contributed by atoms with Crippen LogP contribution in [-0.4, -0.2) is 44.1 Å². The molecule has 2 aliphatic rings. The largest absolute Gasteiger partial charge is 0.339 e. The summed E-state index contributed by atoms with van der Waals surface area (Å²) in [5, 5.41) is 0. The predicted octanol–water partition coefficient (Wildman–Crippen LogP) is 4.58. The van der Waals surface area contributed by atoms with Gasteiger partial charge in [0.2, 0.25) is 5.95 Å². The van der Waals surface area contributed by atoms with E-state index in [0.29, 0.717) is 6.04 Å². The van der Waals surface area contributed by atoms with Crippen LogP contribution in [0.25, 0.3) is 22.2 Å². The minimum atomic E-state index is 0.358. The highest BCUT2D eigenvalue weighted by Gasteiger charge is 2.27. The molecule has 0 bridgehead atoms. The number of aromatic nitrogens is 4. The first-order valence-electron chi connectivity index (χ1n) is 10.6. The van der Waals surface area contributed by atoms with E-state index >= 15 is 0 Å². The lowest BCUT2D eigenvalue weighted by atomic mass is 10.0. The average molecular weight is 414 g/mol. The summed E-state index contributed by atoms with van der Waals surface area (Å²) in [4.78, 5) is 16.5. The van der Waals surface area contributed by atoms with Crippen LogP contribution >= 0.6 is 11.8 Å². The smallest absolute Gasteiger partial charge is 0.225 e. The highest BCUT2D eigenvalue weighted by Crippen LogP contribution is 2.36. The molecule has 0 N–H and O–H groups in total. The molecule has 1 unspecified atom stereocenters. The summed E-state index contributed by atoms with van der Waals surface area (Å²) in [5.74, 6) is 4.33. The fourth-order valence-electron chi connectivity index (χ4n) is 4.63. The Balaban J connectivity index is 1.36. The van der Waals surface area contributed by atoms with Gasteiger partial charge in [-0.25, -0.2) is 15.0 Å². The molecule has 2 aliphatic heterocycles. The molecule has 2 aromatic heterocycles. The summed E-state index contributed by atoms with van der Waals surface area (Å²) < 4.78 is 2.43. The number of rotatable bonds is 3. The van der Waals surface area contributed by atoms with E-state index in [4.69, 9.17) is 4.98 Å². The van der Waals surface area contributed by atoms with Crippen molar-refractivity contribution < 1.29 is 0 Å². The zero-order chi connectivity index (χ0) is 19.9. The van der Waals surface area contributed by atoms with Crippen molar-refractivity contribution in [3.05, 3.63) is 72.3 Å². The van der Waals surface area contributed by atoms with E-state index in [0.717, 1.165) is 60.0 Å². The summed E-state index contributed by atoms with van der Waals surface area (Å²) in [7, 11) is 0. The zero-order valence-corrected chi connectivity index (χ0v) is 17.6. The normalized spacial score (nSPS) is 18.7. The standard InChI is InChI=1S/C24H23N5S/c1-2-4-17(5-3-1)21-8-9-23-27-20-7-6-18(14-22(20)29(21)23)19-15-25-24(26-16-19)28-10-12-30-13-11-28/h1-7,14-16,21H,8-13H2. The molecule has 4 heterocycles. The Kier molecular flexibility index (Phi) is 4.45. The molecular formula is C24H23N5S. The fourth-order valence-corrected chi connectivity index (χ4v) is 5.53. The van der Waals surface area contributed by atoms with Crippen LogP contribution in [0.5, 0.6) is 0 Å². The maximum absolute atomic E-state index is 4.90. The summed E-state index contributed by atoms with van der Waals surface area (Å²) in [6, 6.07) is 17.7. The number of benzene rings is 2. The third kappa shape index (κ3) is 3.06. The lowest BCUT2D eigenvalue weighted by Crippen LogP contribution is -2.33. The number of aryl methyl sites for hydroxylation is 1. The fraction of sp³-hybridized carbons (Fsp3) is 0.292. The second-order valence-electron chi connectivity index (χ2n) is 7.94. The van der Waals surface area contributed by atoms with E-state index in [9.17, 15) is 0 Å². The quantitative estimate of drug-likeness (QED) is 0.492. The van der Waals surface area contributed by atoms with Crippen molar-refractivity contribution in [2.75, 3.05) is 29.5 Å². The van der Waals surface area contributed by atoms with Crippen LogP contribution < -0.4 is 4.90 Å². The highest BCUT2D eigenvalue weighted by atomic mass is 32.2. The molecule has 0 saturated carbocycles. The molecule has 1 atom stereocenters. The number of thioether (sulfide) groups is 1. The van der Waals surface area contributed by atoms with Gasteiger partial charge in [0.05, 0.1) is 17.1 Å². The van der Waals surface area contributed by atoms with E-state index < -0.39 is 0 Å². The van der Waals surface area contributed by atoms with Crippen molar-refractivity contribution >= 4 is 28.7 Å². The van der Waals surface area contributed by atoms with Gasteiger partial charge >= 0.3 is 0 Å². The van der Waals surface area contributed by atoms with E-state index in [1.807, 2.05) is 24.2 Å². The van der Waals surface area contributed by atoms with Gasteiger partial charge in [-0.3, -0.25) is 0 Å². The molecule has 0 spiro atoms. The topological polar surface area (TPSA) is 46.8 Å². The lowest BCUT2D eigenvalue weighted by molar-refractivity contribution is 0.637. The second kappa shape index (κ2) is 7.43. The van der Waals surface area contributed by atoms with Crippen molar-refractivity contribution in [1.29, 1.82) is 0 Å². The third-order valence-corrected chi connectivity index (χ3v) is 7.11. The molecule has 4 aromatic rings. The van der Waals surface area contributed by atoms with Crippen molar-refractivity contribution in [1.82, 2.24) is 19.5 Å². The number of nitrogens with zero attached hydrogens (tertiary/aromatic N) is 5. The molecule has 1 saturated heterocycles. The van der Waals surface area contributed by atoms with E-state index in [-0.39, 0.29) is 0 Å². The lowest BCUT2D eigenvalue weighted by Gasteiger charge is -2.26. The molecule has 0 aliphatic carbocycles. The first-order chi connectivity index (χ1) is 14.9. The van der Waals surface area contributed by atoms with Gasteiger partial charge in [-0.05, 0) is 29.7 Å². The third-order valence-electron chi connectivity index (χ3n) is 6.17. The summed E-state index contributed by atoms with van der Waals surface area (Å²) in [6.45, 7) is 2.05. The predicted molar refractivity (Wildman–Crippen MR) is 123 cm³/mol. The number of anilines is 1. The van der Waals surface area contributed by atoms with Gasteiger partial charge in [0.1, 0.15) is 5.82 Å². The van der Waals surface area contributed by atoms with Crippen molar-refractivity contribution in [3.63, 3.8) is 0 Å². The van der Waals surface area contributed by atoms with Crippen molar-refractivity contribution in [3.8, 4) is 11.1 Å². The summed E-state index contributed by atoms with van der Waals surface area (Å²) >= 11 is 2.00. The van der Waals surface area contributed by atoms with Crippen LogP contribution in [0, 0.1) is 0 Å². The second-order valence-corrected chi connectivity index (χ2v) is 9.16. The van der Waals surface area contributed by atoms with Crippen molar-refractivity contribution in [2.45, 2.75) is 18.9 Å². The maximum Gasteiger partial charge on any atom is 0.225 e. The average Bonchev–Trinajstić information content (AvgIpc) is 3.39. The molecule has 30 heavy (non-hydrogen) atoms. The summed E-state index contributed by atoms with van der Waals surface area (Å²) in [6.07, 6.45) is 6.05. The van der Waals surface area contributed by atoms with E-state index in [1.165, 1.54) is 16.9 Å². The Morgan fingerprint density at radius 1 is 0.900 bits per heavy atom. The molecule has 6 rings (SSSR count). The molecule has 0 amide bonds. The van der Waals surface area contributed by atoms with Crippen LogP contribution in [-0.2, 0) is 6.42 Å². The van der Waals surface area contributed by atoms with Crippen LogP contribution in [0.1, 0.15) is 23.9 Å². The van der Waals surface area contributed by atoms with Crippen LogP contribution in [0.4, 0.5) is 5.95 Å². The van der Waals surface area contributed by atoms with E-state index in [1.54, 1.807) is 0 Å². The van der Waals surface area contributed by atoms with Crippen molar-refractivity contribution in [2.24, 2.45) is 0 Å². The maximum atomic E-state index is 4.90. The van der Waals surface area contributed by atoms with Crippen LogP contribution in [0.3, 0.4) is 0 Å². The Bertz CT molecular complexity index is 1180. The van der Waals surface area contributed by atoms with Gasteiger partial charge in [-0.1, -0.05) is 36.4 Å². The Labute approximate surface area is 180 Å². The molecule has 2 aromatic carbocycles. The summed E-state index contributed by atoms with van der Waals surface area (Å²) in [5.41, 5.74) is 5.82. The minimum Gasteiger partial charge on any atom is -0.339 e. The zero-order valence-electron chi connectivity index (χ0n) is 16.7. The SMILES string of the molecule is c1ccc(C2CCc3nc4ccc(-c5cnc(N6CCSCC6)nc5)cc4n32)cc1. The molecule has 0 radical (unpaired) electrons. The number of hydrogen-bond donors (Lipinski definition) is 0. The number of hydrogen-bond acceptors (Lipinski definition) is 5. The van der Waals surface area contributed by atoms with Crippen LogP contribution in [0.15, 0.2) is 60.9 Å². The monoisotopic (exact) mass is 413 g/mol. The highest BCUT2D eigenvalue weighted by molar-refractivity contribution is 7.99. The number of fused-ring (bicyclic) bond motifs is 3. The van der Waals surface area contributed by atoms with Gasteiger partial charge in [0, 0.05) is 49.0 Å². The number of imidazole rings is 1. The van der Waals surface area contributed by atoms with Gasteiger partial charge in [0.15, 0.2) is 0 Å². The van der Waals surface area contributed by atoms with E-state index in [2.05, 4.69) is 68.0 Å². The molecular weight excluding hydrogens is 390 g/mol. The van der Waals surface area contributed by atoms with Gasteiger partial charge in [-0.15, -0.1) is 0 Å². The molecule has 1 fully saturated rings. The Hall–Kier alpha value is -2.86. The Morgan fingerprint density at radius 2 is 1.70 bits per heavy atom. The first-order valence-corrected chi connectivity index (χ1v) is 11.7. The van der Waals surface area contributed by atoms with Gasteiger partial charge in [-0.2, -0.15) is 11.8 Å². The Morgan fingerprint density at radius 3 is 2.50 bits per heavy atom. The molecule has 150 valence electrons.